The van der Waals surface area contributed by atoms with Gasteiger partial charge in [-0.3, -0.25) is 0 Å². The summed E-state index contributed by atoms with van der Waals surface area (Å²) >= 11 is 0. The van der Waals surface area contributed by atoms with Crippen LogP contribution in [0.15, 0.2) is 48.5 Å². The van der Waals surface area contributed by atoms with Crippen molar-refractivity contribution in [1.29, 1.82) is 5.26 Å². The van der Waals surface area contributed by atoms with Crippen molar-refractivity contribution >= 4 is 10.9 Å². The molecule has 1 heterocycles. The van der Waals surface area contributed by atoms with Crippen LogP contribution in [0.2, 0.25) is 0 Å². The first kappa shape index (κ1) is 11.5. The molecule has 0 spiro atoms. The minimum atomic E-state index is -0.299. The lowest BCUT2D eigenvalue weighted by atomic mass is 10.1. The number of fused-ring (bicyclic) bond motifs is 1. The van der Waals surface area contributed by atoms with Crippen molar-refractivity contribution in [3.8, 4) is 17.3 Å². The van der Waals surface area contributed by atoms with Crippen molar-refractivity contribution in [2.45, 2.75) is 0 Å². The van der Waals surface area contributed by atoms with E-state index in [0.29, 0.717) is 5.56 Å². The second kappa shape index (κ2) is 4.25. The first-order valence-corrected chi connectivity index (χ1v) is 5.96. The van der Waals surface area contributed by atoms with Gasteiger partial charge < -0.3 is 4.57 Å². The Morgan fingerprint density at radius 2 is 1.89 bits per heavy atom. The highest BCUT2D eigenvalue weighted by atomic mass is 19.1. The molecule has 19 heavy (non-hydrogen) atoms. The summed E-state index contributed by atoms with van der Waals surface area (Å²) in [5.74, 6) is -0.299. The summed E-state index contributed by atoms with van der Waals surface area (Å²) in [6.45, 7) is 0. The number of hydrogen-bond acceptors (Lipinski definition) is 1. The zero-order chi connectivity index (χ0) is 13.4. The molecular formula is C16H11FN2. The van der Waals surface area contributed by atoms with Gasteiger partial charge in [-0.1, -0.05) is 30.3 Å². The van der Waals surface area contributed by atoms with Gasteiger partial charge in [0.1, 0.15) is 11.9 Å². The number of halogens is 1. The fourth-order valence-corrected chi connectivity index (χ4v) is 2.48. The quantitative estimate of drug-likeness (QED) is 0.644. The van der Waals surface area contributed by atoms with E-state index in [2.05, 4.69) is 6.07 Å². The summed E-state index contributed by atoms with van der Waals surface area (Å²) in [5, 5.41) is 10.3. The summed E-state index contributed by atoms with van der Waals surface area (Å²) in [6, 6.07) is 16.3. The van der Waals surface area contributed by atoms with E-state index >= 15 is 0 Å². The van der Waals surface area contributed by atoms with Gasteiger partial charge in [-0.05, 0) is 18.2 Å². The normalized spacial score (nSPS) is 10.6. The second-order valence-corrected chi connectivity index (χ2v) is 4.42. The van der Waals surface area contributed by atoms with Crippen molar-refractivity contribution in [3.63, 3.8) is 0 Å². The van der Waals surface area contributed by atoms with Crippen LogP contribution in [-0.2, 0) is 7.05 Å². The summed E-state index contributed by atoms with van der Waals surface area (Å²) in [6.07, 6.45) is 0. The van der Waals surface area contributed by atoms with E-state index in [9.17, 15) is 9.65 Å². The molecule has 0 bridgehead atoms. The Labute approximate surface area is 110 Å². The molecule has 0 fully saturated rings. The SMILES string of the molecule is Cn1c(-c2cccc(F)c2)c(C#N)c2ccccc21. The summed E-state index contributed by atoms with van der Waals surface area (Å²) in [5.41, 5.74) is 3.03. The number of hydrogen-bond donors (Lipinski definition) is 0. The zero-order valence-corrected chi connectivity index (χ0v) is 10.4. The topological polar surface area (TPSA) is 28.7 Å². The number of nitrogens with zero attached hydrogens (tertiary/aromatic N) is 2. The summed E-state index contributed by atoms with van der Waals surface area (Å²) < 4.78 is 15.3. The average molecular weight is 250 g/mol. The molecule has 0 aliphatic rings. The number of rotatable bonds is 1. The van der Waals surface area contributed by atoms with Crippen molar-refractivity contribution < 1.29 is 4.39 Å². The van der Waals surface area contributed by atoms with E-state index in [-0.39, 0.29) is 5.82 Å². The van der Waals surface area contributed by atoms with Crippen LogP contribution < -0.4 is 0 Å². The molecule has 2 nitrogen and oxygen atoms in total. The van der Waals surface area contributed by atoms with Crippen LogP contribution in [0.3, 0.4) is 0 Å². The van der Waals surface area contributed by atoms with Crippen LogP contribution >= 0.6 is 0 Å². The Bertz CT molecular complexity index is 809. The first-order valence-electron chi connectivity index (χ1n) is 5.96. The minimum absolute atomic E-state index is 0.299. The molecule has 3 rings (SSSR count). The molecule has 0 N–H and O–H groups in total. The molecule has 3 aromatic rings. The molecule has 0 saturated heterocycles. The van der Waals surface area contributed by atoms with Gasteiger partial charge in [-0.25, -0.2) is 4.39 Å². The van der Waals surface area contributed by atoms with E-state index < -0.39 is 0 Å². The van der Waals surface area contributed by atoms with E-state index in [1.165, 1.54) is 12.1 Å². The largest absolute Gasteiger partial charge is 0.343 e. The van der Waals surface area contributed by atoms with Crippen LogP contribution in [0.4, 0.5) is 4.39 Å². The van der Waals surface area contributed by atoms with Crippen molar-refractivity contribution in [2.75, 3.05) is 0 Å². The molecule has 0 aliphatic carbocycles. The Kier molecular flexibility index (Phi) is 2.57. The van der Waals surface area contributed by atoms with Gasteiger partial charge in [0.2, 0.25) is 0 Å². The van der Waals surface area contributed by atoms with Crippen molar-refractivity contribution in [2.24, 2.45) is 7.05 Å². The van der Waals surface area contributed by atoms with Crippen molar-refractivity contribution in [3.05, 3.63) is 59.9 Å². The molecule has 2 aromatic carbocycles. The van der Waals surface area contributed by atoms with Crippen molar-refractivity contribution in [1.82, 2.24) is 4.57 Å². The third kappa shape index (κ3) is 1.69. The average Bonchev–Trinajstić information content (AvgIpc) is 2.72. The lowest BCUT2D eigenvalue weighted by Gasteiger charge is -2.05. The van der Waals surface area contributed by atoms with E-state index in [0.717, 1.165) is 22.2 Å². The zero-order valence-electron chi connectivity index (χ0n) is 10.4. The molecule has 0 saturated carbocycles. The van der Waals surface area contributed by atoms with Crippen LogP contribution in [0.1, 0.15) is 5.56 Å². The van der Waals surface area contributed by atoms with Gasteiger partial charge in [0.25, 0.3) is 0 Å². The molecule has 0 aliphatic heterocycles. The Hall–Kier alpha value is -2.60. The Balaban J connectivity index is 2.42. The molecule has 0 unspecified atom stereocenters. The molecule has 1 aromatic heterocycles. The van der Waals surface area contributed by atoms with E-state index in [4.69, 9.17) is 0 Å². The van der Waals surface area contributed by atoms with Gasteiger partial charge in [-0.15, -0.1) is 0 Å². The highest BCUT2D eigenvalue weighted by Gasteiger charge is 2.16. The van der Waals surface area contributed by atoms with E-state index in [1.54, 1.807) is 6.07 Å². The van der Waals surface area contributed by atoms with Crippen LogP contribution in [0.5, 0.6) is 0 Å². The fourth-order valence-electron chi connectivity index (χ4n) is 2.48. The molecule has 0 atom stereocenters. The van der Waals surface area contributed by atoms with Gasteiger partial charge in [-0.2, -0.15) is 5.26 Å². The standard InChI is InChI=1S/C16H11FN2/c1-19-15-8-3-2-7-13(15)14(10-18)16(19)11-5-4-6-12(17)9-11/h2-9H,1H3. The van der Waals surface area contributed by atoms with Gasteiger partial charge in [0, 0.05) is 23.5 Å². The maximum absolute atomic E-state index is 13.4. The smallest absolute Gasteiger partial charge is 0.123 e. The van der Waals surface area contributed by atoms with Gasteiger partial charge in [0.05, 0.1) is 11.3 Å². The maximum atomic E-state index is 13.4. The first-order chi connectivity index (χ1) is 9.22. The van der Waals surface area contributed by atoms with Gasteiger partial charge >= 0.3 is 0 Å². The number of benzene rings is 2. The van der Waals surface area contributed by atoms with Crippen LogP contribution in [-0.4, -0.2) is 4.57 Å². The number of aromatic nitrogens is 1. The Morgan fingerprint density at radius 1 is 1.11 bits per heavy atom. The predicted molar refractivity (Wildman–Crippen MR) is 73.0 cm³/mol. The highest BCUT2D eigenvalue weighted by molar-refractivity contribution is 5.94. The van der Waals surface area contributed by atoms with Crippen LogP contribution in [0.25, 0.3) is 22.2 Å². The third-order valence-corrected chi connectivity index (χ3v) is 3.32. The monoisotopic (exact) mass is 250 g/mol. The van der Waals surface area contributed by atoms with Gasteiger partial charge in [0.15, 0.2) is 0 Å². The minimum Gasteiger partial charge on any atom is -0.343 e. The third-order valence-electron chi connectivity index (χ3n) is 3.32. The molecule has 0 radical (unpaired) electrons. The molecule has 0 amide bonds. The molecule has 92 valence electrons. The molecular weight excluding hydrogens is 239 g/mol. The lowest BCUT2D eigenvalue weighted by Crippen LogP contribution is -1.93. The lowest BCUT2D eigenvalue weighted by molar-refractivity contribution is 0.628. The second-order valence-electron chi connectivity index (χ2n) is 4.42. The molecule has 3 heteroatoms. The van der Waals surface area contributed by atoms with E-state index in [1.807, 2.05) is 41.9 Å². The Morgan fingerprint density at radius 3 is 2.63 bits per heavy atom. The summed E-state index contributed by atoms with van der Waals surface area (Å²) in [4.78, 5) is 0. The van der Waals surface area contributed by atoms with Crippen LogP contribution in [0, 0.1) is 17.1 Å². The predicted octanol–water partition coefficient (Wildman–Crippen LogP) is 3.86. The maximum Gasteiger partial charge on any atom is 0.123 e. The summed E-state index contributed by atoms with van der Waals surface area (Å²) in [7, 11) is 1.89. The number of nitriles is 1. The number of para-hydroxylation sites is 1. The fraction of sp³-hybridized carbons (Fsp3) is 0.0625. The number of aryl methyl sites for hydroxylation is 1. The highest BCUT2D eigenvalue weighted by Crippen LogP contribution is 2.32.